The van der Waals surface area contributed by atoms with Gasteiger partial charge < -0.3 is 25.2 Å². The normalized spacial score (nSPS) is 16.0. The van der Waals surface area contributed by atoms with Gasteiger partial charge in [-0.15, -0.1) is 0 Å². The number of likely N-dealkylation sites (tertiary alicyclic amines) is 1. The second-order valence-corrected chi connectivity index (χ2v) is 7.40. The van der Waals surface area contributed by atoms with Gasteiger partial charge in [0.15, 0.2) is 0 Å². The van der Waals surface area contributed by atoms with Crippen LogP contribution >= 0.6 is 0 Å². The molecule has 2 heterocycles. The molecule has 1 aliphatic heterocycles. The number of rotatable bonds is 5. The fourth-order valence-corrected chi connectivity index (χ4v) is 3.63. The summed E-state index contributed by atoms with van der Waals surface area (Å²) in [5.74, 6) is -1.60. The van der Waals surface area contributed by atoms with Crippen molar-refractivity contribution >= 4 is 28.8 Å². The zero-order chi connectivity index (χ0) is 20.3. The summed E-state index contributed by atoms with van der Waals surface area (Å²) >= 11 is 0. The van der Waals surface area contributed by atoms with E-state index in [2.05, 4.69) is 10.3 Å². The van der Waals surface area contributed by atoms with Crippen LogP contribution in [0.25, 0.3) is 10.9 Å². The Morgan fingerprint density at radius 3 is 2.57 bits per heavy atom. The molecular formula is C20H26N4O4. The van der Waals surface area contributed by atoms with Gasteiger partial charge in [-0.3, -0.25) is 4.79 Å². The summed E-state index contributed by atoms with van der Waals surface area (Å²) in [4.78, 5) is 42.7. The number of H-pyrrole nitrogens is 1. The Morgan fingerprint density at radius 1 is 1.25 bits per heavy atom. The Labute approximate surface area is 163 Å². The maximum absolute atomic E-state index is 12.6. The lowest BCUT2D eigenvalue weighted by Crippen LogP contribution is -2.49. The predicted molar refractivity (Wildman–Crippen MR) is 105 cm³/mol. The minimum absolute atomic E-state index is 0.0680. The number of aliphatic carboxylic acids is 1. The van der Waals surface area contributed by atoms with Gasteiger partial charge in [0.1, 0.15) is 6.04 Å². The standard InChI is InChI=1S/C20H26N4O4/c1-23(2)20(28)24-9-7-13(8-10-24)18(25)22-17(19(26)27)11-14-12-21-16-6-4-3-5-15(14)16/h3-6,12-13,17,21H,7-11H2,1-2H3,(H,22,25)(H,26,27). The molecule has 1 aromatic carbocycles. The first-order valence-corrected chi connectivity index (χ1v) is 9.41. The molecule has 1 atom stereocenters. The number of hydrogen-bond donors (Lipinski definition) is 3. The minimum atomic E-state index is -1.06. The zero-order valence-corrected chi connectivity index (χ0v) is 16.1. The van der Waals surface area contributed by atoms with Gasteiger partial charge in [-0.25, -0.2) is 9.59 Å². The molecule has 8 heteroatoms. The van der Waals surface area contributed by atoms with Crippen LogP contribution in [0.3, 0.4) is 0 Å². The lowest BCUT2D eigenvalue weighted by atomic mass is 9.95. The fraction of sp³-hybridized carbons (Fsp3) is 0.450. The van der Waals surface area contributed by atoms with Crippen molar-refractivity contribution in [3.05, 3.63) is 36.0 Å². The molecule has 0 spiro atoms. The third kappa shape index (κ3) is 4.27. The van der Waals surface area contributed by atoms with Gasteiger partial charge in [0.2, 0.25) is 5.91 Å². The van der Waals surface area contributed by atoms with Crippen LogP contribution in [0.2, 0.25) is 0 Å². The highest BCUT2D eigenvalue weighted by Gasteiger charge is 2.30. The molecule has 1 aliphatic rings. The highest BCUT2D eigenvalue weighted by molar-refractivity contribution is 5.87. The van der Waals surface area contributed by atoms with E-state index in [1.54, 1.807) is 25.2 Å². The van der Waals surface area contributed by atoms with Crippen LogP contribution in [-0.2, 0) is 16.0 Å². The smallest absolute Gasteiger partial charge is 0.326 e. The number of aromatic nitrogens is 1. The fourth-order valence-electron chi connectivity index (χ4n) is 3.63. The van der Waals surface area contributed by atoms with E-state index in [0.29, 0.717) is 25.9 Å². The van der Waals surface area contributed by atoms with Crippen molar-refractivity contribution in [2.45, 2.75) is 25.3 Å². The summed E-state index contributed by atoms with van der Waals surface area (Å²) in [6.07, 6.45) is 3.07. The summed E-state index contributed by atoms with van der Waals surface area (Å²) in [6, 6.07) is 6.60. The first-order chi connectivity index (χ1) is 13.4. The molecule has 3 N–H and O–H groups in total. The molecule has 0 bridgehead atoms. The third-order valence-corrected chi connectivity index (χ3v) is 5.23. The van der Waals surface area contributed by atoms with Crippen molar-refractivity contribution < 1.29 is 19.5 Å². The number of hydrogen-bond acceptors (Lipinski definition) is 3. The highest BCUT2D eigenvalue weighted by atomic mass is 16.4. The molecule has 1 fully saturated rings. The number of amides is 3. The van der Waals surface area contributed by atoms with E-state index in [9.17, 15) is 19.5 Å². The summed E-state index contributed by atoms with van der Waals surface area (Å²) < 4.78 is 0. The number of benzene rings is 1. The molecule has 28 heavy (non-hydrogen) atoms. The van der Waals surface area contributed by atoms with E-state index in [1.165, 1.54) is 4.90 Å². The largest absolute Gasteiger partial charge is 0.480 e. The molecule has 0 aliphatic carbocycles. The van der Waals surface area contributed by atoms with Crippen LogP contribution in [0.5, 0.6) is 0 Å². The van der Waals surface area contributed by atoms with Crippen molar-refractivity contribution in [1.82, 2.24) is 20.1 Å². The molecule has 8 nitrogen and oxygen atoms in total. The molecule has 1 saturated heterocycles. The molecule has 3 amide bonds. The number of carbonyl (C=O) groups excluding carboxylic acids is 2. The number of carbonyl (C=O) groups is 3. The Hall–Kier alpha value is -3.03. The Morgan fingerprint density at radius 2 is 1.93 bits per heavy atom. The average Bonchev–Trinajstić information content (AvgIpc) is 3.09. The molecule has 0 saturated carbocycles. The van der Waals surface area contributed by atoms with Crippen LogP contribution in [0.4, 0.5) is 4.79 Å². The monoisotopic (exact) mass is 386 g/mol. The van der Waals surface area contributed by atoms with E-state index in [4.69, 9.17) is 0 Å². The van der Waals surface area contributed by atoms with Gasteiger partial charge in [0.05, 0.1) is 0 Å². The van der Waals surface area contributed by atoms with Crippen molar-refractivity contribution in [3.63, 3.8) is 0 Å². The highest BCUT2D eigenvalue weighted by Crippen LogP contribution is 2.21. The molecule has 0 radical (unpaired) electrons. The van der Waals surface area contributed by atoms with Crippen LogP contribution in [-0.4, -0.2) is 71.0 Å². The van der Waals surface area contributed by atoms with Crippen molar-refractivity contribution in [3.8, 4) is 0 Å². The molecular weight excluding hydrogens is 360 g/mol. The lowest BCUT2D eigenvalue weighted by molar-refractivity contribution is -0.142. The zero-order valence-electron chi connectivity index (χ0n) is 16.1. The van der Waals surface area contributed by atoms with Crippen molar-refractivity contribution in [2.24, 2.45) is 5.92 Å². The van der Waals surface area contributed by atoms with Crippen LogP contribution in [0.1, 0.15) is 18.4 Å². The molecule has 2 aromatic rings. The first-order valence-electron chi connectivity index (χ1n) is 9.41. The SMILES string of the molecule is CN(C)C(=O)N1CCC(C(=O)NC(Cc2c[nH]c3ccccc23)C(=O)O)CC1. The number of carboxylic acid groups (broad SMARTS) is 1. The van der Waals surface area contributed by atoms with Crippen LogP contribution in [0, 0.1) is 5.92 Å². The second-order valence-electron chi connectivity index (χ2n) is 7.40. The quantitative estimate of drug-likeness (QED) is 0.727. The number of para-hydroxylation sites is 1. The van der Waals surface area contributed by atoms with Gasteiger partial charge in [0.25, 0.3) is 0 Å². The number of piperidine rings is 1. The summed E-state index contributed by atoms with van der Waals surface area (Å²) in [5.41, 5.74) is 1.79. The maximum Gasteiger partial charge on any atom is 0.326 e. The number of carboxylic acids is 1. The van der Waals surface area contributed by atoms with Crippen molar-refractivity contribution in [1.29, 1.82) is 0 Å². The number of nitrogens with zero attached hydrogens (tertiary/aromatic N) is 2. The van der Waals surface area contributed by atoms with E-state index in [1.807, 2.05) is 24.3 Å². The number of aromatic amines is 1. The minimum Gasteiger partial charge on any atom is -0.480 e. The predicted octanol–water partition coefficient (Wildman–Crippen LogP) is 1.67. The molecule has 1 aromatic heterocycles. The Bertz CT molecular complexity index is 868. The summed E-state index contributed by atoms with van der Waals surface area (Å²) in [6.45, 7) is 0.991. The van der Waals surface area contributed by atoms with Gasteiger partial charge in [-0.1, -0.05) is 18.2 Å². The third-order valence-electron chi connectivity index (χ3n) is 5.23. The van der Waals surface area contributed by atoms with Gasteiger partial charge in [0, 0.05) is 56.6 Å². The Balaban J connectivity index is 1.61. The van der Waals surface area contributed by atoms with Crippen LogP contribution < -0.4 is 5.32 Å². The van der Waals surface area contributed by atoms with E-state index < -0.39 is 12.0 Å². The number of fused-ring (bicyclic) bond motifs is 1. The second kappa shape index (κ2) is 8.33. The van der Waals surface area contributed by atoms with Gasteiger partial charge in [-0.05, 0) is 24.5 Å². The van der Waals surface area contributed by atoms with E-state index in [0.717, 1.165) is 16.5 Å². The average molecular weight is 386 g/mol. The van der Waals surface area contributed by atoms with Gasteiger partial charge >= 0.3 is 12.0 Å². The van der Waals surface area contributed by atoms with E-state index in [-0.39, 0.29) is 24.3 Å². The van der Waals surface area contributed by atoms with Gasteiger partial charge in [-0.2, -0.15) is 0 Å². The molecule has 3 rings (SSSR count). The lowest BCUT2D eigenvalue weighted by Gasteiger charge is -2.33. The topological polar surface area (TPSA) is 106 Å². The summed E-state index contributed by atoms with van der Waals surface area (Å²) in [7, 11) is 3.40. The van der Waals surface area contributed by atoms with Crippen molar-refractivity contribution in [2.75, 3.05) is 27.2 Å². The van der Waals surface area contributed by atoms with E-state index >= 15 is 0 Å². The number of nitrogens with one attached hydrogen (secondary N) is 2. The summed E-state index contributed by atoms with van der Waals surface area (Å²) in [5, 5.41) is 13.2. The Kier molecular flexibility index (Phi) is 5.87. The number of urea groups is 1. The molecule has 150 valence electrons. The maximum atomic E-state index is 12.6. The molecule has 1 unspecified atom stereocenters. The first kappa shape index (κ1) is 19.7. The van der Waals surface area contributed by atoms with Crippen LogP contribution in [0.15, 0.2) is 30.5 Å².